The maximum Gasteiger partial charge on any atom is 0.407 e. The van der Waals surface area contributed by atoms with Crippen molar-refractivity contribution in [3.05, 3.63) is 35.9 Å². The molecule has 0 bridgehead atoms. The topological polar surface area (TPSA) is 82.8 Å². The molecule has 3 N–H and O–H groups in total. The molecule has 1 aromatic rings. The Labute approximate surface area is 157 Å². The predicted molar refractivity (Wildman–Crippen MR) is 103 cm³/mol. The first kappa shape index (κ1) is 22.4. The van der Waals surface area contributed by atoms with Gasteiger partial charge in [-0.1, -0.05) is 50.6 Å². The Morgan fingerprint density at radius 3 is 2.38 bits per heavy atom. The van der Waals surface area contributed by atoms with Crippen LogP contribution in [-0.4, -0.2) is 38.2 Å². The summed E-state index contributed by atoms with van der Waals surface area (Å²) in [6, 6.07) is 9.58. The average Bonchev–Trinajstić information content (AvgIpc) is 2.71. The zero-order chi connectivity index (χ0) is 19.1. The number of hydrogen-bond acceptors (Lipinski definition) is 5. The van der Waals surface area contributed by atoms with Crippen LogP contribution in [0.4, 0.5) is 4.79 Å². The van der Waals surface area contributed by atoms with Crippen molar-refractivity contribution in [2.45, 2.75) is 58.3 Å². The Bertz CT molecular complexity index is 476. The molecule has 0 unspecified atom stereocenters. The zero-order valence-electron chi connectivity index (χ0n) is 16.2. The van der Waals surface area contributed by atoms with Crippen molar-refractivity contribution in [2.75, 3.05) is 26.3 Å². The number of carbonyl (C=O) groups excluding carboxylic acids is 1. The van der Waals surface area contributed by atoms with Crippen molar-refractivity contribution in [1.82, 2.24) is 5.32 Å². The number of amides is 1. The molecule has 6 nitrogen and oxygen atoms in total. The number of hydrogen-bond donors (Lipinski definition) is 2. The lowest BCUT2D eigenvalue weighted by atomic mass is 9.94. The monoisotopic (exact) mass is 366 g/mol. The fourth-order valence-corrected chi connectivity index (χ4v) is 2.83. The molecule has 1 aliphatic rings. The number of benzene rings is 1. The van der Waals surface area contributed by atoms with Gasteiger partial charge in [-0.05, 0) is 18.4 Å². The van der Waals surface area contributed by atoms with Crippen LogP contribution in [0.25, 0.3) is 0 Å². The van der Waals surface area contributed by atoms with Gasteiger partial charge in [-0.3, -0.25) is 0 Å². The maximum atomic E-state index is 11.7. The normalized spacial score (nSPS) is 15.5. The molecule has 1 aliphatic carbocycles. The fraction of sp³-hybridized carbons (Fsp3) is 0.650. The summed E-state index contributed by atoms with van der Waals surface area (Å²) in [5, 5.41) is 2.70. The third-order valence-corrected chi connectivity index (χ3v) is 4.05. The molecule has 2 rings (SSSR count). The number of rotatable bonds is 9. The van der Waals surface area contributed by atoms with Crippen molar-refractivity contribution in [3.63, 3.8) is 0 Å². The molecule has 1 aromatic carbocycles. The molecule has 1 amide bonds. The third-order valence-electron chi connectivity index (χ3n) is 4.05. The van der Waals surface area contributed by atoms with Crippen molar-refractivity contribution in [1.29, 1.82) is 0 Å². The van der Waals surface area contributed by atoms with E-state index in [4.69, 9.17) is 19.9 Å². The summed E-state index contributed by atoms with van der Waals surface area (Å²) in [6.45, 7) is 6.02. The molecule has 0 atom stereocenters. The standard InChI is InChI=1S/C18H28N2O4.C2H6/c19-11-13-23-18(9-5-2-6-10-18)24-14-12-20-17(21)22-15-16-7-3-1-4-8-16;1-2/h1,3-4,7-8H,2,5-6,9-15,19H2,(H,20,21);1-2H3. The van der Waals surface area contributed by atoms with Crippen LogP contribution < -0.4 is 11.1 Å². The van der Waals surface area contributed by atoms with Crippen LogP contribution in [0.15, 0.2) is 30.3 Å². The Hall–Kier alpha value is -1.63. The lowest BCUT2D eigenvalue weighted by molar-refractivity contribution is -0.250. The lowest BCUT2D eigenvalue weighted by Crippen LogP contribution is -2.41. The quantitative estimate of drug-likeness (QED) is 0.515. The van der Waals surface area contributed by atoms with Crippen molar-refractivity contribution >= 4 is 6.09 Å². The van der Waals surface area contributed by atoms with Gasteiger partial charge >= 0.3 is 6.09 Å². The molecule has 26 heavy (non-hydrogen) atoms. The molecule has 0 aliphatic heterocycles. The summed E-state index contributed by atoms with van der Waals surface area (Å²) in [4.78, 5) is 11.7. The van der Waals surface area contributed by atoms with Crippen molar-refractivity contribution < 1.29 is 19.0 Å². The van der Waals surface area contributed by atoms with Gasteiger partial charge < -0.3 is 25.3 Å². The van der Waals surface area contributed by atoms with E-state index >= 15 is 0 Å². The number of ether oxygens (including phenoxy) is 3. The Kier molecular flexibility index (Phi) is 11.7. The van der Waals surface area contributed by atoms with Crippen molar-refractivity contribution in [2.24, 2.45) is 5.73 Å². The zero-order valence-corrected chi connectivity index (χ0v) is 16.2. The van der Waals surface area contributed by atoms with Gasteiger partial charge in [0.15, 0.2) is 5.79 Å². The Morgan fingerprint density at radius 2 is 1.73 bits per heavy atom. The first-order valence-corrected chi connectivity index (χ1v) is 9.67. The number of carbonyl (C=O) groups is 1. The van der Waals surface area contributed by atoms with Gasteiger partial charge in [0.1, 0.15) is 6.61 Å². The highest BCUT2D eigenvalue weighted by Gasteiger charge is 2.33. The molecule has 148 valence electrons. The first-order valence-electron chi connectivity index (χ1n) is 9.67. The predicted octanol–water partition coefficient (Wildman–Crippen LogP) is 3.59. The van der Waals surface area contributed by atoms with Gasteiger partial charge in [-0.15, -0.1) is 0 Å². The van der Waals surface area contributed by atoms with Crippen molar-refractivity contribution in [3.8, 4) is 0 Å². The van der Waals surface area contributed by atoms with Crippen LogP contribution in [-0.2, 0) is 20.8 Å². The molecule has 6 heteroatoms. The summed E-state index contributed by atoms with van der Waals surface area (Å²) in [6.07, 6.45) is 4.72. The van der Waals surface area contributed by atoms with E-state index in [2.05, 4.69) is 5.32 Å². The molecular weight excluding hydrogens is 332 g/mol. The highest BCUT2D eigenvalue weighted by atomic mass is 16.7. The summed E-state index contributed by atoms with van der Waals surface area (Å²) in [5.74, 6) is -0.534. The van der Waals surface area contributed by atoms with E-state index in [9.17, 15) is 4.79 Å². The van der Waals surface area contributed by atoms with E-state index in [0.29, 0.717) is 26.3 Å². The summed E-state index contributed by atoms with van der Waals surface area (Å²) < 4.78 is 16.9. The number of nitrogens with one attached hydrogen (secondary N) is 1. The van der Waals surface area contributed by atoms with Gasteiger partial charge in [0.2, 0.25) is 0 Å². The van der Waals surface area contributed by atoms with E-state index in [0.717, 1.165) is 31.2 Å². The molecule has 0 saturated heterocycles. The van der Waals surface area contributed by atoms with E-state index < -0.39 is 11.9 Å². The smallest absolute Gasteiger partial charge is 0.407 e. The van der Waals surface area contributed by atoms with Crippen LogP contribution in [0.5, 0.6) is 0 Å². The molecule has 1 fully saturated rings. The minimum atomic E-state index is -0.534. The molecule has 0 radical (unpaired) electrons. The molecule has 0 spiro atoms. The largest absolute Gasteiger partial charge is 0.445 e. The summed E-state index contributed by atoms with van der Waals surface area (Å²) in [5.41, 5.74) is 6.48. The SMILES string of the molecule is CC.NCCOC1(OCCNC(=O)OCc2ccccc2)CCCCC1. The first-order chi connectivity index (χ1) is 12.7. The van der Waals surface area contributed by atoms with E-state index in [-0.39, 0.29) is 6.61 Å². The van der Waals surface area contributed by atoms with Crippen LogP contribution in [0, 0.1) is 0 Å². The second-order valence-electron chi connectivity index (χ2n) is 5.95. The van der Waals surface area contributed by atoms with Crippen LogP contribution in [0.1, 0.15) is 51.5 Å². The van der Waals surface area contributed by atoms with E-state index in [1.807, 2.05) is 44.2 Å². The number of alkyl carbamates (subject to hydrolysis) is 1. The number of nitrogens with two attached hydrogens (primary N) is 1. The minimum Gasteiger partial charge on any atom is -0.445 e. The lowest BCUT2D eigenvalue weighted by Gasteiger charge is -2.37. The summed E-state index contributed by atoms with van der Waals surface area (Å²) in [7, 11) is 0. The highest BCUT2D eigenvalue weighted by molar-refractivity contribution is 5.67. The Morgan fingerprint density at radius 1 is 1.08 bits per heavy atom. The minimum absolute atomic E-state index is 0.261. The highest BCUT2D eigenvalue weighted by Crippen LogP contribution is 2.32. The van der Waals surface area contributed by atoms with Gasteiger partial charge in [-0.2, -0.15) is 0 Å². The van der Waals surface area contributed by atoms with Gasteiger partial charge in [0.05, 0.1) is 13.2 Å². The van der Waals surface area contributed by atoms with E-state index in [1.54, 1.807) is 0 Å². The molecule has 1 saturated carbocycles. The summed E-state index contributed by atoms with van der Waals surface area (Å²) >= 11 is 0. The Balaban J connectivity index is 0.00000163. The third kappa shape index (κ3) is 8.65. The molecular formula is C20H34N2O4. The second kappa shape index (κ2) is 13.6. The van der Waals surface area contributed by atoms with Crippen LogP contribution in [0.3, 0.4) is 0 Å². The van der Waals surface area contributed by atoms with Crippen LogP contribution in [0.2, 0.25) is 0 Å². The van der Waals surface area contributed by atoms with Gasteiger partial charge in [0, 0.05) is 25.9 Å². The van der Waals surface area contributed by atoms with E-state index in [1.165, 1.54) is 6.42 Å². The second-order valence-corrected chi connectivity index (χ2v) is 5.95. The average molecular weight is 367 g/mol. The van der Waals surface area contributed by atoms with Gasteiger partial charge in [-0.25, -0.2) is 4.79 Å². The van der Waals surface area contributed by atoms with Crippen LogP contribution >= 0.6 is 0 Å². The fourth-order valence-electron chi connectivity index (χ4n) is 2.83. The maximum absolute atomic E-state index is 11.7. The molecule has 0 heterocycles. The molecule has 0 aromatic heterocycles. The van der Waals surface area contributed by atoms with Gasteiger partial charge in [0.25, 0.3) is 0 Å².